The SMILES string of the molecule is Cc1cc(C)n(-c2ccc(I)cc2C)n1. The van der Waals surface area contributed by atoms with Crippen LogP contribution in [0.4, 0.5) is 0 Å². The Bertz CT molecular complexity index is 500. The van der Waals surface area contributed by atoms with Gasteiger partial charge in [0.05, 0.1) is 11.4 Å². The Hall–Kier alpha value is -0.840. The Labute approximate surface area is 103 Å². The van der Waals surface area contributed by atoms with Crippen LogP contribution in [0, 0.1) is 24.3 Å². The molecule has 2 aromatic rings. The fraction of sp³-hybridized carbons (Fsp3) is 0.250. The van der Waals surface area contributed by atoms with Gasteiger partial charge < -0.3 is 0 Å². The van der Waals surface area contributed by atoms with Crippen LogP contribution in [0.25, 0.3) is 5.69 Å². The van der Waals surface area contributed by atoms with Crippen molar-refractivity contribution < 1.29 is 0 Å². The molecule has 0 unspecified atom stereocenters. The molecular weight excluding hydrogens is 299 g/mol. The van der Waals surface area contributed by atoms with Gasteiger partial charge in [0.15, 0.2) is 0 Å². The van der Waals surface area contributed by atoms with Crippen molar-refractivity contribution >= 4 is 22.6 Å². The first kappa shape index (κ1) is 10.7. The standard InChI is InChI=1S/C12H13IN2/c1-8-6-11(13)4-5-12(8)15-10(3)7-9(2)14-15/h4-7H,1-3H3. The van der Waals surface area contributed by atoms with Gasteiger partial charge >= 0.3 is 0 Å². The van der Waals surface area contributed by atoms with E-state index in [0.29, 0.717) is 0 Å². The number of hydrogen-bond acceptors (Lipinski definition) is 1. The van der Waals surface area contributed by atoms with Gasteiger partial charge in [-0.2, -0.15) is 5.10 Å². The molecule has 0 aliphatic rings. The minimum atomic E-state index is 1.06. The lowest BCUT2D eigenvalue weighted by atomic mass is 10.2. The number of hydrogen-bond donors (Lipinski definition) is 0. The summed E-state index contributed by atoms with van der Waals surface area (Å²) >= 11 is 2.33. The molecule has 78 valence electrons. The minimum Gasteiger partial charge on any atom is -0.238 e. The molecule has 0 bridgehead atoms. The average molecular weight is 312 g/mol. The second-order valence-electron chi connectivity index (χ2n) is 3.77. The lowest BCUT2D eigenvalue weighted by Crippen LogP contribution is -2.01. The quantitative estimate of drug-likeness (QED) is 0.738. The average Bonchev–Trinajstić information content (AvgIpc) is 2.45. The van der Waals surface area contributed by atoms with E-state index in [1.54, 1.807) is 0 Å². The molecule has 0 spiro atoms. The Balaban J connectivity index is 2.59. The summed E-state index contributed by atoms with van der Waals surface area (Å²) in [5.41, 5.74) is 4.66. The van der Waals surface area contributed by atoms with Gasteiger partial charge in [0.25, 0.3) is 0 Å². The normalized spacial score (nSPS) is 10.7. The van der Waals surface area contributed by atoms with Crippen LogP contribution < -0.4 is 0 Å². The first-order valence-corrected chi connectivity index (χ1v) is 5.95. The van der Waals surface area contributed by atoms with Crippen molar-refractivity contribution in [2.24, 2.45) is 0 Å². The highest BCUT2D eigenvalue weighted by Crippen LogP contribution is 2.18. The molecule has 0 N–H and O–H groups in total. The number of benzene rings is 1. The number of rotatable bonds is 1. The van der Waals surface area contributed by atoms with E-state index in [1.807, 2.05) is 11.6 Å². The van der Waals surface area contributed by atoms with Crippen molar-refractivity contribution in [3.05, 3.63) is 44.8 Å². The van der Waals surface area contributed by atoms with Crippen molar-refractivity contribution in [2.45, 2.75) is 20.8 Å². The molecule has 3 heteroatoms. The van der Waals surface area contributed by atoms with Gasteiger partial charge in [-0.05, 0) is 73.2 Å². The minimum absolute atomic E-state index is 1.06. The number of aromatic nitrogens is 2. The smallest absolute Gasteiger partial charge is 0.0678 e. The van der Waals surface area contributed by atoms with Crippen LogP contribution in [0.2, 0.25) is 0 Å². The highest BCUT2D eigenvalue weighted by Gasteiger charge is 2.06. The summed E-state index contributed by atoms with van der Waals surface area (Å²) in [6.07, 6.45) is 0. The highest BCUT2D eigenvalue weighted by molar-refractivity contribution is 14.1. The maximum atomic E-state index is 4.49. The molecule has 1 aromatic heterocycles. The van der Waals surface area contributed by atoms with E-state index >= 15 is 0 Å². The third kappa shape index (κ3) is 2.07. The maximum absolute atomic E-state index is 4.49. The summed E-state index contributed by atoms with van der Waals surface area (Å²) in [6.45, 7) is 6.22. The lowest BCUT2D eigenvalue weighted by molar-refractivity contribution is 0.827. The van der Waals surface area contributed by atoms with Crippen molar-refractivity contribution in [3.63, 3.8) is 0 Å². The molecule has 2 nitrogen and oxygen atoms in total. The summed E-state index contributed by atoms with van der Waals surface area (Å²) in [5.74, 6) is 0. The Morgan fingerprint density at radius 2 is 1.87 bits per heavy atom. The number of aryl methyl sites for hydroxylation is 3. The summed E-state index contributed by atoms with van der Waals surface area (Å²) in [4.78, 5) is 0. The third-order valence-corrected chi connectivity index (χ3v) is 3.07. The van der Waals surface area contributed by atoms with E-state index in [1.165, 1.54) is 20.5 Å². The molecule has 15 heavy (non-hydrogen) atoms. The van der Waals surface area contributed by atoms with Crippen molar-refractivity contribution in [3.8, 4) is 5.69 Å². The van der Waals surface area contributed by atoms with Gasteiger partial charge in [0.2, 0.25) is 0 Å². The molecule has 0 aliphatic carbocycles. The van der Waals surface area contributed by atoms with Crippen LogP contribution in [0.15, 0.2) is 24.3 Å². The molecule has 0 radical (unpaired) electrons. The predicted molar refractivity (Wildman–Crippen MR) is 70.5 cm³/mol. The molecule has 0 fully saturated rings. The zero-order chi connectivity index (χ0) is 11.0. The summed E-state index contributed by atoms with van der Waals surface area (Å²) < 4.78 is 3.26. The van der Waals surface area contributed by atoms with Gasteiger partial charge in [-0.25, -0.2) is 4.68 Å². The number of nitrogens with zero attached hydrogens (tertiary/aromatic N) is 2. The monoisotopic (exact) mass is 312 g/mol. The maximum Gasteiger partial charge on any atom is 0.0678 e. The predicted octanol–water partition coefficient (Wildman–Crippen LogP) is 3.40. The Morgan fingerprint density at radius 1 is 1.13 bits per heavy atom. The molecule has 2 rings (SSSR count). The van der Waals surface area contributed by atoms with Gasteiger partial charge in [-0.15, -0.1) is 0 Å². The Kier molecular flexibility index (Phi) is 2.82. The zero-order valence-electron chi connectivity index (χ0n) is 9.08. The van der Waals surface area contributed by atoms with Gasteiger partial charge in [-0.1, -0.05) is 0 Å². The molecule has 1 heterocycles. The molecule has 0 atom stereocenters. The van der Waals surface area contributed by atoms with E-state index in [0.717, 1.165) is 5.69 Å². The van der Waals surface area contributed by atoms with Crippen LogP contribution in [0.5, 0.6) is 0 Å². The summed E-state index contributed by atoms with van der Waals surface area (Å²) in [6, 6.07) is 8.50. The summed E-state index contributed by atoms with van der Waals surface area (Å²) in [5, 5.41) is 4.49. The van der Waals surface area contributed by atoms with Crippen molar-refractivity contribution in [1.82, 2.24) is 9.78 Å². The van der Waals surface area contributed by atoms with E-state index in [9.17, 15) is 0 Å². The molecular formula is C12H13IN2. The first-order valence-electron chi connectivity index (χ1n) is 4.88. The van der Waals surface area contributed by atoms with Crippen LogP contribution >= 0.6 is 22.6 Å². The largest absolute Gasteiger partial charge is 0.238 e. The van der Waals surface area contributed by atoms with Crippen molar-refractivity contribution in [1.29, 1.82) is 0 Å². The topological polar surface area (TPSA) is 17.8 Å². The first-order chi connectivity index (χ1) is 7.08. The lowest BCUT2D eigenvalue weighted by Gasteiger charge is -2.08. The summed E-state index contributed by atoms with van der Waals surface area (Å²) in [7, 11) is 0. The van der Waals surface area contributed by atoms with Crippen LogP contribution in [0.1, 0.15) is 17.0 Å². The van der Waals surface area contributed by atoms with E-state index in [2.05, 4.69) is 65.8 Å². The van der Waals surface area contributed by atoms with Gasteiger partial charge in [0, 0.05) is 9.26 Å². The number of halogens is 1. The van der Waals surface area contributed by atoms with Crippen LogP contribution in [-0.4, -0.2) is 9.78 Å². The van der Waals surface area contributed by atoms with E-state index < -0.39 is 0 Å². The van der Waals surface area contributed by atoms with Gasteiger partial charge in [0.1, 0.15) is 0 Å². The molecule has 0 saturated heterocycles. The second kappa shape index (κ2) is 3.96. The molecule has 0 amide bonds. The highest BCUT2D eigenvalue weighted by atomic mass is 127. The van der Waals surface area contributed by atoms with Crippen LogP contribution in [0.3, 0.4) is 0 Å². The zero-order valence-corrected chi connectivity index (χ0v) is 11.2. The molecule has 0 aliphatic heterocycles. The fourth-order valence-corrected chi connectivity index (χ4v) is 2.38. The Morgan fingerprint density at radius 3 is 2.40 bits per heavy atom. The molecule has 1 aromatic carbocycles. The van der Waals surface area contributed by atoms with E-state index in [4.69, 9.17) is 0 Å². The second-order valence-corrected chi connectivity index (χ2v) is 5.02. The van der Waals surface area contributed by atoms with Gasteiger partial charge in [-0.3, -0.25) is 0 Å². The van der Waals surface area contributed by atoms with Crippen LogP contribution in [-0.2, 0) is 0 Å². The van der Waals surface area contributed by atoms with Crippen molar-refractivity contribution in [2.75, 3.05) is 0 Å². The van der Waals surface area contributed by atoms with E-state index in [-0.39, 0.29) is 0 Å². The molecule has 0 saturated carbocycles. The fourth-order valence-electron chi connectivity index (χ4n) is 1.73. The third-order valence-electron chi connectivity index (χ3n) is 2.40.